The molecule has 0 radical (unpaired) electrons. The van der Waals surface area contributed by atoms with E-state index in [0.29, 0.717) is 5.56 Å². The number of carbonyl (C=O) groups is 1. The highest BCUT2D eigenvalue weighted by Crippen LogP contribution is 2.19. The van der Waals surface area contributed by atoms with E-state index < -0.39 is 6.10 Å². The van der Waals surface area contributed by atoms with Gasteiger partial charge in [-0.25, -0.2) is 8.78 Å². The first kappa shape index (κ1) is 17.4. The summed E-state index contributed by atoms with van der Waals surface area (Å²) in [5, 5.41) is 2.75. The fourth-order valence-electron chi connectivity index (χ4n) is 1.98. The second kappa shape index (κ2) is 8.64. The lowest BCUT2D eigenvalue weighted by Crippen LogP contribution is -2.30. The van der Waals surface area contributed by atoms with Crippen LogP contribution in [0.5, 0.6) is 0 Å². The molecular weight excluding hydrogens is 320 g/mol. The summed E-state index contributed by atoms with van der Waals surface area (Å²) in [4.78, 5) is 12.7. The summed E-state index contributed by atoms with van der Waals surface area (Å²) in [7, 11) is 1.51. The van der Waals surface area contributed by atoms with Crippen molar-refractivity contribution < 1.29 is 18.3 Å². The maximum atomic E-state index is 13.2. The average molecular weight is 337 g/mol. The van der Waals surface area contributed by atoms with E-state index in [1.165, 1.54) is 43.1 Å². The molecule has 122 valence electrons. The molecule has 2 aromatic carbocycles. The van der Waals surface area contributed by atoms with Crippen molar-refractivity contribution in [3.8, 4) is 0 Å². The molecule has 0 heterocycles. The molecule has 0 saturated heterocycles. The quantitative estimate of drug-likeness (QED) is 0.785. The minimum atomic E-state index is -0.412. The van der Waals surface area contributed by atoms with E-state index >= 15 is 0 Å². The summed E-state index contributed by atoms with van der Waals surface area (Å²) < 4.78 is 31.3. The van der Waals surface area contributed by atoms with Gasteiger partial charge in [-0.05, 0) is 42.0 Å². The van der Waals surface area contributed by atoms with E-state index in [1.54, 1.807) is 24.3 Å². The number of methoxy groups -OCH3 is 1. The number of hydrogen-bond donors (Lipinski definition) is 1. The van der Waals surface area contributed by atoms with Crippen LogP contribution >= 0.6 is 11.8 Å². The molecule has 3 nitrogen and oxygen atoms in total. The average Bonchev–Trinajstić information content (AvgIpc) is 2.55. The molecule has 0 aromatic heterocycles. The number of benzene rings is 2. The van der Waals surface area contributed by atoms with E-state index in [4.69, 9.17) is 4.74 Å². The Morgan fingerprint density at radius 1 is 1.17 bits per heavy atom. The van der Waals surface area contributed by atoms with Crippen molar-refractivity contribution in [1.29, 1.82) is 0 Å². The third kappa shape index (κ3) is 5.65. The Hall–Kier alpha value is -1.92. The van der Waals surface area contributed by atoms with Crippen LogP contribution in [0.1, 0.15) is 11.7 Å². The van der Waals surface area contributed by atoms with E-state index in [9.17, 15) is 13.6 Å². The van der Waals surface area contributed by atoms with Crippen molar-refractivity contribution in [2.75, 3.05) is 19.4 Å². The highest BCUT2D eigenvalue weighted by atomic mass is 32.2. The molecule has 0 aliphatic rings. The topological polar surface area (TPSA) is 38.3 Å². The Morgan fingerprint density at radius 3 is 2.57 bits per heavy atom. The molecule has 0 fully saturated rings. The number of halogens is 2. The zero-order valence-electron chi connectivity index (χ0n) is 12.6. The molecule has 0 aliphatic carbocycles. The van der Waals surface area contributed by atoms with Crippen LogP contribution in [0.15, 0.2) is 53.4 Å². The van der Waals surface area contributed by atoms with Crippen LogP contribution in [0.3, 0.4) is 0 Å². The largest absolute Gasteiger partial charge is 0.375 e. The summed E-state index contributed by atoms with van der Waals surface area (Å²) >= 11 is 1.32. The Balaban J connectivity index is 1.81. The van der Waals surface area contributed by atoms with Gasteiger partial charge in [0.25, 0.3) is 0 Å². The van der Waals surface area contributed by atoms with Gasteiger partial charge in [-0.3, -0.25) is 4.79 Å². The van der Waals surface area contributed by atoms with E-state index in [0.717, 1.165) is 4.90 Å². The molecule has 0 saturated carbocycles. The van der Waals surface area contributed by atoms with Gasteiger partial charge in [0, 0.05) is 18.6 Å². The number of rotatable bonds is 7. The fourth-order valence-corrected chi connectivity index (χ4v) is 2.71. The van der Waals surface area contributed by atoms with Crippen molar-refractivity contribution in [2.45, 2.75) is 11.0 Å². The number of hydrogen-bond acceptors (Lipinski definition) is 3. The minimum Gasteiger partial charge on any atom is -0.375 e. The summed E-state index contributed by atoms with van der Waals surface area (Å²) in [6, 6.07) is 12.0. The van der Waals surface area contributed by atoms with Gasteiger partial charge < -0.3 is 10.1 Å². The number of ether oxygens (including phenoxy) is 1. The third-order valence-corrected chi connectivity index (χ3v) is 4.19. The molecule has 1 N–H and O–H groups in total. The number of nitrogens with one attached hydrogen (secondary N) is 1. The van der Waals surface area contributed by atoms with Gasteiger partial charge in [0.15, 0.2) is 0 Å². The number of amides is 1. The van der Waals surface area contributed by atoms with Crippen LogP contribution in [0.4, 0.5) is 8.78 Å². The predicted molar refractivity (Wildman–Crippen MR) is 86.3 cm³/mol. The Labute approximate surface area is 138 Å². The lowest BCUT2D eigenvalue weighted by molar-refractivity contribution is -0.119. The lowest BCUT2D eigenvalue weighted by Gasteiger charge is -2.16. The lowest BCUT2D eigenvalue weighted by atomic mass is 10.1. The van der Waals surface area contributed by atoms with Gasteiger partial charge in [-0.2, -0.15) is 0 Å². The molecule has 0 unspecified atom stereocenters. The van der Waals surface area contributed by atoms with Crippen molar-refractivity contribution in [2.24, 2.45) is 0 Å². The Morgan fingerprint density at radius 2 is 1.91 bits per heavy atom. The molecule has 1 amide bonds. The van der Waals surface area contributed by atoms with Gasteiger partial charge in [0.05, 0.1) is 11.9 Å². The van der Waals surface area contributed by atoms with Gasteiger partial charge in [0.2, 0.25) is 5.91 Å². The summed E-state index contributed by atoms with van der Waals surface area (Å²) in [5.41, 5.74) is 0.666. The first-order chi connectivity index (χ1) is 11.1. The second-order valence-electron chi connectivity index (χ2n) is 4.83. The molecule has 2 aromatic rings. The van der Waals surface area contributed by atoms with Crippen LogP contribution in [0, 0.1) is 11.6 Å². The maximum absolute atomic E-state index is 13.2. The van der Waals surface area contributed by atoms with Crippen molar-refractivity contribution in [3.05, 3.63) is 65.7 Å². The highest BCUT2D eigenvalue weighted by Gasteiger charge is 2.13. The zero-order valence-corrected chi connectivity index (χ0v) is 13.4. The molecule has 0 aliphatic heterocycles. The minimum absolute atomic E-state index is 0.169. The van der Waals surface area contributed by atoms with Gasteiger partial charge >= 0.3 is 0 Å². The smallest absolute Gasteiger partial charge is 0.230 e. The monoisotopic (exact) mass is 337 g/mol. The zero-order chi connectivity index (χ0) is 16.7. The summed E-state index contributed by atoms with van der Waals surface area (Å²) in [6.45, 7) is 0.253. The van der Waals surface area contributed by atoms with Gasteiger partial charge in [0.1, 0.15) is 11.6 Å². The molecule has 2 rings (SSSR count). The fraction of sp³-hybridized carbons (Fsp3) is 0.235. The molecule has 23 heavy (non-hydrogen) atoms. The van der Waals surface area contributed by atoms with Gasteiger partial charge in [-0.15, -0.1) is 11.8 Å². The molecule has 0 spiro atoms. The predicted octanol–water partition coefficient (Wildman–Crippen LogP) is 3.56. The van der Waals surface area contributed by atoms with E-state index in [2.05, 4.69) is 5.32 Å². The first-order valence-electron chi connectivity index (χ1n) is 7.02. The van der Waals surface area contributed by atoms with Crippen LogP contribution in [-0.2, 0) is 9.53 Å². The first-order valence-corrected chi connectivity index (χ1v) is 8.00. The van der Waals surface area contributed by atoms with Crippen molar-refractivity contribution >= 4 is 17.7 Å². The maximum Gasteiger partial charge on any atom is 0.230 e. The van der Waals surface area contributed by atoms with E-state index in [1.807, 2.05) is 0 Å². The molecule has 1 atom stereocenters. The number of carbonyl (C=O) groups excluding carboxylic acids is 1. The van der Waals surface area contributed by atoms with Crippen molar-refractivity contribution in [3.63, 3.8) is 0 Å². The van der Waals surface area contributed by atoms with Gasteiger partial charge in [-0.1, -0.05) is 12.1 Å². The SMILES string of the molecule is CO[C@@H](CNC(=O)CSc1ccc(F)cc1)c1cccc(F)c1. The van der Waals surface area contributed by atoms with E-state index in [-0.39, 0.29) is 29.8 Å². The highest BCUT2D eigenvalue weighted by molar-refractivity contribution is 8.00. The molecular formula is C17H17F2NO2S. The third-order valence-electron chi connectivity index (χ3n) is 3.17. The summed E-state index contributed by atoms with van der Waals surface area (Å²) in [6.07, 6.45) is -0.412. The second-order valence-corrected chi connectivity index (χ2v) is 5.87. The van der Waals surface area contributed by atoms with Crippen molar-refractivity contribution in [1.82, 2.24) is 5.32 Å². The molecule has 6 heteroatoms. The van der Waals surface area contributed by atoms with Crippen LogP contribution in [0.2, 0.25) is 0 Å². The van der Waals surface area contributed by atoms with Crippen LogP contribution < -0.4 is 5.32 Å². The number of thioether (sulfide) groups is 1. The van der Waals surface area contributed by atoms with Crippen LogP contribution in [-0.4, -0.2) is 25.3 Å². The summed E-state index contributed by atoms with van der Waals surface area (Å²) in [5.74, 6) is -0.608. The standard InChI is InChI=1S/C17H17F2NO2S/c1-22-16(12-3-2-4-14(19)9-12)10-20-17(21)11-23-15-7-5-13(18)6-8-15/h2-9,16H,10-11H2,1H3,(H,20,21)/t16-/m0/s1. The van der Waals surface area contributed by atoms with Crippen LogP contribution in [0.25, 0.3) is 0 Å². The molecule has 0 bridgehead atoms. The normalized spacial score (nSPS) is 12.0. The Bertz CT molecular complexity index is 649. The Kier molecular flexibility index (Phi) is 6.55.